The average Bonchev–Trinajstić information content (AvgIpc) is 3.01. The zero-order valence-electron chi connectivity index (χ0n) is 11.0. The summed E-state index contributed by atoms with van der Waals surface area (Å²) in [5, 5.41) is 0. The number of carbonyl (C=O) groups excluding carboxylic acids is 1. The van der Waals surface area contributed by atoms with Crippen LogP contribution in [0.3, 0.4) is 0 Å². The quantitative estimate of drug-likeness (QED) is 0.889. The highest BCUT2D eigenvalue weighted by Crippen LogP contribution is 2.22. The molecular weight excluding hydrogens is 256 g/mol. The Kier molecular flexibility index (Phi) is 3.28. The standard InChI is InChI=1S/C14H16N4O2/c15-12-9-16-3-1-13(12)17-4-6-18(7-5-17)14(19)11-2-8-20-10-11/h1-3,8-10H,4-7,15H2. The fourth-order valence-electron chi connectivity index (χ4n) is 2.41. The molecule has 0 saturated carbocycles. The van der Waals surface area contributed by atoms with Gasteiger partial charge in [-0.15, -0.1) is 0 Å². The molecule has 0 unspecified atom stereocenters. The van der Waals surface area contributed by atoms with Crippen molar-refractivity contribution in [2.75, 3.05) is 36.8 Å². The molecule has 1 amide bonds. The summed E-state index contributed by atoms with van der Waals surface area (Å²) in [5.74, 6) is 0.0149. The highest BCUT2D eigenvalue weighted by Gasteiger charge is 2.23. The summed E-state index contributed by atoms with van der Waals surface area (Å²) in [6.45, 7) is 2.87. The van der Waals surface area contributed by atoms with Gasteiger partial charge in [-0.1, -0.05) is 0 Å². The number of piperazine rings is 1. The number of nitrogens with zero attached hydrogens (tertiary/aromatic N) is 3. The van der Waals surface area contributed by atoms with Crippen molar-refractivity contribution < 1.29 is 9.21 Å². The van der Waals surface area contributed by atoms with Crippen molar-refractivity contribution in [2.45, 2.75) is 0 Å². The molecule has 1 aliphatic rings. The maximum Gasteiger partial charge on any atom is 0.257 e. The Labute approximate surface area is 116 Å². The minimum atomic E-state index is 0.0149. The van der Waals surface area contributed by atoms with Gasteiger partial charge in [0.1, 0.15) is 6.26 Å². The SMILES string of the molecule is Nc1cnccc1N1CCN(C(=O)c2ccoc2)CC1. The van der Waals surface area contributed by atoms with Crippen molar-refractivity contribution in [3.8, 4) is 0 Å². The molecular formula is C14H16N4O2. The van der Waals surface area contributed by atoms with E-state index in [1.807, 2.05) is 11.0 Å². The Bertz CT molecular complexity index is 589. The molecule has 0 atom stereocenters. The number of anilines is 2. The molecule has 104 valence electrons. The maximum absolute atomic E-state index is 12.2. The Hall–Kier alpha value is -2.50. The van der Waals surface area contributed by atoms with E-state index in [4.69, 9.17) is 10.2 Å². The molecule has 2 aromatic heterocycles. The number of carbonyl (C=O) groups is 1. The monoisotopic (exact) mass is 272 g/mol. The van der Waals surface area contributed by atoms with E-state index in [0.717, 1.165) is 18.8 Å². The fourth-order valence-corrected chi connectivity index (χ4v) is 2.41. The molecule has 0 bridgehead atoms. The second-order valence-corrected chi connectivity index (χ2v) is 4.73. The largest absolute Gasteiger partial charge is 0.472 e. The molecule has 0 radical (unpaired) electrons. The Balaban J connectivity index is 1.65. The zero-order chi connectivity index (χ0) is 13.9. The number of hydrogen-bond donors (Lipinski definition) is 1. The lowest BCUT2D eigenvalue weighted by molar-refractivity contribution is 0.0746. The van der Waals surface area contributed by atoms with Crippen LogP contribution in [0.5, 0.6) is 0 Å². The van der Waals surface area contributed by atoms with Crippen LogP contribution in [0.4, 0.5) is 11.4 Å². The molecule has 2 aromatic rings. The van der Waals surface area contributed by atoms with E-state index < -0.39 is 0 Å². The fraction of sp³-hybridized carbons (Fsp3) is 0.286. The van der Waals surface area contributed by atoms with Crippen LogP contribution in [-0.2, 0) is 0 Å². The van der Waals surface area contributed by atoms with Gasteiger partial charge in [0.05, 0.1) is 29.4 Å². The Morgan fingerprint density at radius 2 is 2.05 bits per heavy atom. The average molecular weight is 272 g/mol. The van der Waals surface area contributed by atoms with E-state index in [-0.39, 0.29) is 5.91 Å². The smallest absolute Gasteiger partial charge is 0.257 e. The normalized spacial score (nSPS) is 15.4. The van der Waals surface area contributed by atoms with E-state index in [1.165, 1.54) is 12.5 Å². The van der Waals surface area contributed by atoms with Gasteiger partial charge < -0.3 is 20.0 Å². The number of aromatic nitrogens is 1. The van der Waals surface area contributed by atoms with E-state index >= 15 is 0 Å². The second kappa shape index (κ2) is 5.24. The minimum absolute atomic E-state index is 0.0149. The first-order valence-electron chi connectivity index (χ1n) is 6.51. The van der Waals surface area contributed by atoms with Gasteiger partial charge in [-0.05, 0) is 12.1 Å². The van der Waals surface area contributed by atoms with Crippen molar-refractivity contribution >= 4 is 17.3 Å². The van der Waals surface area contributed by atoms with Gasteiger partial charge in [-0.2, -0.15) is 0 Å². The minimum Gasteiger partial charge on any atom is -0.472 e. The van der Waals surface area contributed by atoms with Crippen LogP contribution >= 0.6 is 0 Å². The van der Waals surface area contributed by atoms with Crippen LogP contribution < -0.4 is 10.6 Å². The second-order valence-electron chi connectivity index (χ2n) is 4.73. The van der Waals surface area contributed by atoms with Gasteiger partial charge in [-0.3, -0.25) is 9.78 Å². The van der Waals surface area contributed by atoms with Gasteiger partial charge in [0.15, 0.2) is 0 Å². The number of nitrogen functional groups attached to an aromatic ring is 1. The topological polar surface area (TPSA) is 75.6 Å². The number of furan rings is 1. The lowest BCUT2D eigenvalue weighted by Crippen LogP contribution is -2.48. The molecule has 1 aliphatic heterocycles. The van der Waals surface area contributed by atoms with Crippen molar-refractivity contribution in [2.24, 2.45) is 0 Å². The Morgan fingerprint density at radius 1 is 1.25 bits per heavy atom. The first-order valence-corrected chi connectivity index (χ1v) is 6.51. The zero-order valence-corrected chi connectivity index (χ0v) is 11.0. The molecule has 1 fully saturated rings. The summed E-state index contributed by atoms with van der Waals surface area (Å²) in [7, 11) is 0. The van der Waals surface area contributed by atoms with E-state index in [0.29, 0.717) is 24.3 Å². The first-order chi connectivity index (χ1) is 9.75. The third kappa shape index (κ3) is 2.32. The molecule has 0 aromatic carbocycles. The number of amides is 1. The van der Waals surface area contributed by atoms with Crippen LogP contribution in [0.1, 0.15) is 10.4 Å². The van der Waals surface area contributed by atoms with Gasteiger partial charge in [0, 0.05) is 32.4 Å². The lowest BCUT2D eigenvalue weighted by Gasteiger charge is -2.36. The van der Waals surface area contributed by atoms with Gasteiger partial charge in [0.2, 0.25) is 0 Å². The molecule has 0 aliphatic carbocycles. The lowest BCUT2D eigenvalue weighted by atomic mass is 10.2. The summed E-state index contributed by atoms with van der Waals surface area (Å²) < 4.78 is 4.95. The summed E-state index contributed by atoms with van der Waals surface area (Å²) in [4.78, 5) is 20.2. The summed E-state index contributed by atoms with van der Waals surface area (Å²) >= 11 is 0. The molecule has 2 N–H and O–H groups in total. The van der Waals surface area contributed by atoms with Crippen LogP contribution in [-0.4, -0.2) is 42.0 Å². The molecule has 20 heavy (non-hydrogen) atoms. The van der Waals surface area contributed by atoms with Crippen molar-refractivity contribution in [3.63, 3.8) is 0 Å². The summed E-state index contributed by atoms with van der Waals surface area (Å²) in [6, 6.07) is 3.60. The molecule has 1 saturated heterocycles. The molecule has 6 nitrogen and oxygen atoms in total. The maximum atomic E-state index is 12.2. The van der Waals surface area contributed by atoms with Crippen molar-refractivity contribution in [1.82, 2.24) is 9.88 Å². The van der Waals surface area contributed by atoms with Gasteiger partial charge >= 0.3 is 0 Å². The highest BCUT2D eigenvalue weighted by molar-refractivity contribution is 5.94. The van der Waals surface area contributed by atoms with E-state index in [9.17, 15) is 4.79 Å². The summed E-state index contributed by atoms with van der Waals surface area (Å²) in [6.07, 6.45) is 6.38. The molecule has 6 heteroatoms. The number of hydrogen-bond acceptors (Lipinski definition) is 5. The third-order valence-corrected chi connectivity index (χ3v) is 3.50. The number of pyridine rings is 1. The highest BCUT2D eigenvalue weighted by atomic mass is 16.3. The van der Waals surface area contributed by atoms with Gasteiger partial charge in [-0.25, -0.2) is 0 Å². The third-order valence-electron chi connectivity index (χ3n) is 3.50. The predicted molar refractivity (Wildman–Crippen MR) is 75.5 cm³/mol. The first kappa shape index (κ1) is 12.5. The van der Waals surface area contributed by atoms with Crippen LogP contribution in [0.15, 0.2) is 41.5 Å². The van der Waals surface area contributed by atoms with E-state index in [1.54, 1.807) is 18.5 Å². The van der Waals surface area contributed by atoms with Crippen LogP contribution in [0.25, 0.3) is 0 Å². The molecule has 3 heterocycles. The van der Waals surface area contributed by atoms with E-state index in [2.05, 4.69) is 9.88 Å². The van der Waals surface area contributed by atoms with Crippen molar-refractivity contribution in [3.05, 3.63) is 42.6 Å². The summed E-state index contributed by atoms with van der Waals surface area (Å²) in [5.41, 5.74) is 8.18. The molecule has 3 rings (SSSR count). The number of rotatable bonds is 2. The predicted octanol–water partition coefficient (Wildman–Crippen LogP) is 1.22. The van der Waals surface area contributed by atoms with Crippen molar-refractivity contribution in [1.29, 1.82) is 0 Å². The van der Waals surface area contributed by atoms with Gasteiger partial charge in [0.25, 0.3) is 5.91 Å². The number of nitrogens with two attached hydrogens (primary N) is 1. The molecule has 0 spiro atoms. The van der Waals surface area contributed by atoms with Crippen LogP contribution in [0, 0.1) is 0 Å². The Morgan fingerprint density at radius 3 is 2.70 bits per heavy atom. The van der Waals surface area contributed by atoms with Crippen LogP contribution in [0.2, 0.25) is 0 Å².